The van der Waals surface area contributed by atoms with Crippen LogP contribution in [-0.2, 0) is 0 Å². The summed E-state index contributed by atoms with van der Waals surface area (Å²) in [6, 6.07) is 0.126. The maximum atomic E-state index is 13.0. The van der Waals surface area contributed by atoms with Crippen molar-refractivity contribution in [2.45, 2.75) is 18.6 Å². The van der Waals surface area contributed by atoms with Crippen molar-refractivity contribution in [1.82, 2.24) is 10.2 Å². The molecule has 2 atom stereocenters. The third kappa shape index (κ3) is 1.67. The van der Waals surface area contributed by atoms with Gasteiger partial charge in [0, 0.05) is 12.6 Å². The molecule has 0 bridgehead atoms. The standard InChI is InChI=1S/C7H15FN2/c1-10(2)7-3-4-9-5-6(7)8/h6-7,9H,3-5H2,1-2H3/t6-,7?/m0/s1. The van der Waals surface area contributed by atoms with Crippen LogP contribution < -0.4 is 5.32 Å². The van der Waals surface area contributed by atoms with E-state index in [9.17, 15) is 4.39 Å². The first kappa shape index (κ1) is 7.95. The molecule has 1 fully saturated rings. The number of alkyl halides is 1. The summed E-state index contributed by atoms with van der Waals surface area (Å²) in [7, 11) is 3.87. The fourth-order valence-electron chi connectivity index (χ4n) is 1.39. The van der Waals surface area contributed by atoms with Crippen LogP contribution in [0.4, 0.5) is 4.39 Å². The van der Waals surface area contributed by atoms with Crippen molar-refractivity contribution in [2.75, 3.05) is 27.2 Å². The summed E-state index contributed by atoms with van der Waals surface area (Å²) in [4.78, 5) is 1.96. The summed E-state index contributed by atoms with van der Waals surface area (Å²) in [5.41, 5.74) is 0. The molecule has 0 spiro atoms. The Kier molecular flexibility index (Phi) is 2.63. The molecule has 1 aliphatic rings. The molecule has 1 saturated heterocycles. The van der Waals surface area contributed by atoms with Gasteiger partial charge in [-0.15, -0.1) is 0 Å². The summed E-state index contributed by atoms with van der Waals surface area (Å²) in [6.45, 7) is 1.46. The second-order valence-electron chi connectivity index (χ2n) is 3.04. The van der Waals surface area contributed by atoms with E-state index in [0.717, 1.165) is 13.0 Å². The van der Waals surface area contributed by atoms with E-state index in [-0.39, 0.29) is 6.04 Å². The maximum absolute atomic E-state index is 13.0. The van der Waals surface area contributed by atoms with Crippen molar-refractivity contribution in [3.05, 3.63) is 0 Å². The van der Waals surface area contributed by atoms with Crippen molar-refractivity contribution < 1.29 is 4.39 Å². The van der Waals surface area contributed by atoms with Gasteiger partial charge in [-0.2, -0.15) is 0 Å². The Balaban J connectivity index is 2.40. The molecular weight excluding hydrogens is 131 g/mol. The van der Waals surface area contributed by atoms with Gasteiger partial charge in [0.15, 0.2) is 0 Å². The van der Waals surface area contributed by atoms with Gasteiger partial charge < -0.3 is 10.2 Å². The highest BCUT2D eigenvalue weighted by atomic mass is 19.1. The van der Waals surface area contributed by atoms with Gasteiger partial charge in [0.1, 0.15) is 6.17 Å². The molecule has 0 aromatic carbocycles. The quantitative estimate of drug-likeness (QED) is 0.570. The number of hydrogen-bond donors (Lipinski definition) is 1. The number of halogens is 1. The summed E-state index contributed by atoms with van der Waals surface area (Å²) in [5.74, 6) is 0. The minimum atomic E-state index is -0.691. The van der Waals surface area contributed by atoms with Crippen molar-refractivity contribution in [1.29, 1.82) is 0 Å². The molecule has 1 rings (SSSR count). The molecule has 1 heterocycles. The fourth-order valence-corrected chi connectivity index (χ4v) is 1.39. The average molecular weight is 146 g/mol. The topological polar surface area (TPSA) is 15.3 Å². The van der Waals surface area contributed by atoms with E-state index in [0.29, 0.717) is 6.54 Å². The predicted octanol–water partition coefficient (Wildman–Crippen LogP) is 0.248. The van der Waals surface area contributed by atoms with Gasteiger partial charge in [-0.3, -0.25) is 0 Å². The van der Waals surface area contributed by atoms with E-state index in [4.69, 9.17) is 0 Å². The normalized spacial score (nSPS) is 34.8. The van der Waals surface area contributed by atoms with E-state index in [1.54, 1.807) is 0 Å². The van der Waals surface area contributed by atoms with Crippen molar-refractivity contribution in [2.24, 2.45) is 0 Å². The highest BCUT2D eigenvalue weighted by Gasteiger charge is 2.25. The minimum Gasteiger partial charge on any atom is -0.314 e. The highest BCUT2D eigenvalue weighted by Crippen LogP contribution is 2.11. The van der Waals surface area contributed by atoms with Crippen LogP contribution >= 0.6 is 0 Å². The zero-order valence-electron chi connectivity index (χ0n) is 6.60. The molecule has 0 saturated carbocycles. The van der Waals surface area contributed by atoms with Gasteiger partial charge in [-0.05, 0) is 27.1 Å². The van der Waals surface area contributed by atoms with Gasteiger partial charge in [-0.1, -0.05) is 0 Å². The summed E-state index contributed by atoms with van der Waals surface area (Å²) in [6.07, 6.45) is 0.234. The molecule has 10 heavy (non-hydrogen) atoms. The minimum absolute atomic E-state index is 0.126. The molecule has 0 aromatic rings. The smallest absolute Gasteiger partial charge is 0.128 e. The first-order chi connectivity index (χ1) is 4.72. The Morgan fingerprint density at radius 1 is 1.50 bits per heavy atom. The number of hydrogen-bond acceptors (Lipinski definition) is 2. The highest BCUT2D eigenvalue weighted by molar-refractivity contribution is 4.82. The van der Waals surface area contributed by atoms with Gasteiger partial charge in [-0.25, -0.2) is 4.39 Å². The molecule has 2 nitrogen and oxygen atoms in total. The molecule has 0 radical (unpaired) electrons. The van der Waals surface area contributed by atoms with Gasteiger partial charge in [0.2, 0.25) is 0 Å². The lowest BCUT2D eigenvalue weighted by molar-refractivity contribution is 0.125. The first-order valence-corrected chi connectivity index (χ1v) is 3.73. The van der Waals surface area contributed by atoms with Crippen LogP contribution in [0.15, 0.2) is 0 Å². The molecule has 1 aliphatic heterocycles. The second kappa shape index (κ2) is 3.30. The first-order valence-electron chi connectivity index (χ1n) is 3.73. The Hall–Kier alpha value is -0.150. The molecule has 0 aromatic heterocycles. The maximum Gasteiger partial charge on any atom is 0.128 e. The molecule has 0 aliphatic carbocycles. The molecule has 60 valence electrons. The van der Waals surface area contributed by atoms with Crippen LogP contribution in [0.25, 0.3) is 0 Å². The predicted molar refractivity (Wildman–Crippen MR) is 39.9 cm³/mol. The summed E-state index contributed by atoms with van der Waals surface area (Å²) < 4.78 is 13.0. The largest absolute Gasteiger partial charge is 0.314 e. The zero-order valence-corrected chi connectivity index (χ0v) is 6.60. The number of nitrogens with zero attached hydrogens (tertiary/aromatic N) is 1. The number of piperidine rings is 1. The van der Waals surface area contributed by atoms with Crippen molar-refractivity contribution in [3.63, 3.8) is 0 Å². The molecular formula is C7H15FN2. The number of nitrogens with one attached hydrogen (secondary N) is 1. The summed E-state index contributed by atoms with van der Waals surface area (Å²) in [5, 5.41) is 3.02. The van der Waals surface area contributed by atoms with Crippen LogP contribution in [-0.4, -0.2) is 44.3 Å². The third-order valence-electron chi connectivity index (χ3n) is 2.04. The van der Waals surface area contributed by atoms with Crippen LogP contribution in [0.5, 0.6) is 0 Å². The Bertz CT molecular complexity index is 106. The van der Waals surface area contributed by atoms with Crippen molar-refractivity contribution >= 4 is 0 Å². The van der Waals surface area contributed by atoms with Gasteiger partial charge in [0.05, 0.1) is 0 Å². The van der Waals surface area contributed by atoms with E-state index >= 15 is 0 Å². The van der Waals surface area contributed by atoms with Crippen LogP contribution in [0, 0.1) is 0 Å². The van der Waals surface area contributed by atoms with Crippen LogP contribution in [0.3, 0.4) is 0 Å². The zero-order chi connectivity index (χ0) is 7.56. The second-order valence-corrected chi connectivity index (χ2v) is 3.04. The molecule has 1 N–H and O–H groups in total. The van der Waals surface area contributed by atoms with Crippen molar-refractivity contribution in [3.8, 4) is 0 Å². The SMILES string of the molecule is CN(C)C1CCNC[C@@H]1F. The Labute approximate surface area is 61.4 Å². The van der Waals surface area contributed by atoms with E-state index in [1.807, 2.05) is 19.0 Å². The van der Waals surface area contributed by atoms with E-state index < -0.39 is 6.17 Å². The van der Waals surface area contributed by atoms with Crippen LogP contribution in [0.1, 0.15) is 6.42 Å². The lowest BCUT2D eigenvalue weighted by Crippen LogP contribution is -2.48. The van der Waals surface area contributed by atoms with Gasteiger partial charge >= 0.3 is 0 Å². The van der Waals surface area contributed by atoms with E-state index in [1.165, 1.54) is 0 Å². The number of rotatable bonds is 1. The molecule has 3 heteroatoms. The van der Waals surface area contributed by atoms with Crippen LogP contribution in [0.2, 0.25) is 0 Å². The molecule has 1 unspecified atom stereocenters. The average Bonchev–Trinajstić information content (AvgIpc) is 1.88. The Morgan fingerprint density at radius 2 is 2.20 bits per heavy atom. The lowest BCUT2D eigenvalue weighted by Gasteiger charge is -2.31. The fraction of sp³-hybridized carbons (Fsp3) is 1.00. The summed E-state index contributed by atoms with van der Waals surface area (Å²) >= 11 is 0. The third-order valence-corrected chi connectivity index (χ3v) is 2.04. The lowest BCUT2D eigenvalue weighted by atomic mass is 10.0. The molecule has 0 amide bonds. The Morgan fingerprint density at radius 3 is 2.60 bits per heavy atom. The monoisotopic (exact) mass is 146 g/mol. The van der Waals surface area contributed by atoms with E-state index in [2.05, 4.69) is 5.32 Å². The van der Waals surface area contributed by atoms with Gasteiger partial charge in [0.25, 0.3) is 0 Å².